The van der Waals surface area contributed by atoms with E-state index < -0.39 is 5.97 Å². The van der Waals surface area contributed by atoms with Gasteiger partial charge in [0.15, 0.2) is 0 Å². The molecule has 0 aliphatic rings. The Morgan fingerprint density at radius 3 is 2.72 bits per heavy atom. The third-order valence-corrected chi connectivity index (χ3v) is 3.78. The minimum atomic E-state index is -0.407. The monoisotopic (exact) mass is 335 g/mol. The standard InChI is InChI=1S/C19H17N3O3/c1-25-19(24)16-8-14(10-20-12-16)7-13-4-5-17(22-11-13)9-15-3-2-6-21-18(15)23/h2-6,8,10-12H,7,9H2,1H3,(H,21,23). The third kappa shape index (κ3) is 4.17. The highest BCUT2D eigenvalue weighted by molar-refractivity contribution is 5.89. The van der Waals surface area contributed by atoms with Crippen molar-refractivity contribution in [2.45, 2.75) is 12.8 Å². The average Bonchev–Trinajstić information content (AvgIpc) is 2.65. The highest BCUT2D eigenvalue weighted by atomic mass is 16.5. The maximum absolute atomic E-state index is 11.7. The Bertz CT molecular complexity index is 933. The zero-order chi connectivity index (χ0) is 17.6. The maximum atomic E-state index is 11.7. The van der Waals surface area contributed by atoms with Crippen molar-refractivity contribution in [1.29, 1.82) is 0 Å². The van der Waals surface area contributed by atoms with Crippen LogP contribution in [0.2, 0.25) is 0 Å². The van der Waals surface area contributed by atoms with E-state index in [-0.39, 0.29) is 5.56 Å². The van der Waals surface area contributed by atoms with Crippen molar-refractivity contribution in [3.8, 4) is 0 Å². The molecule has 0 radical (unpaired) electrons. The number of carbonyl (C=O) groups is 1. The topological polar surface area (TPSA) is 84.9 Å². The van der Waals surface area contributed by atoms with Crippen LogP contribution >= 0.6 is 0 Å². The SMILES string of the molecule is COC(=O)c1cncc(Cc2ccc(Cc3ccc[nH]c3=O)nc2)c1. The molecule has 0 bridgehead atoms. The number of carbonyl (C=O) groups excluding carboxylic acids is 1. The van der Waals surface area contributed by atoms with Gasteiger partial charge in [0.25, 0.3) is 5.56 Å². The van der Waals surface area contributed by atoms with Crippen LogP contribution in [-0.2, 0) is 17.6 Å². The second-order valence-corrected chi connectivity index (χ2v) is 5.61. The Kier molecular flexibility index (Phi) is 4.99. The summed E-state index contributed by atoms with van der Waals surface area (Å²) in [6.45, 7) is 0. The van der Waals surface area contributed by atoms with E-state index in [2.05, 4.69) is 15.0 Å². The molecule has 25 heavy (non-hydrogen) atoms. The normalized spacial score (nSPS) is 10.4. The van der Waals surface area contributed by atoms with E-state index in [1.165, 1.54) is 13.3 Å². The first-order valence-corrected chi connectivity index (χ1v) is 7.78. The Balaban J connectivity index is 1.72. The molecule has 0 saturated carbocycles. The maximum Gasteiger partial charge on any atom is 0.339 e. The summed E-state index contributed by atoms with van der Waals surface area (Å²) in [5, 5.41) is 0. The average molecular weight is 335 g/mol. The smallest absolute Gasteiger partial charge is 0.339 e. The predicted octanol–water partition coefficient (Wildman–Crippen LogP) is 2.13. The fraction of sp³-hybridized carbons (Fsp3) is 0.158. The second kappa shape index (κ2) is 7.53. The first-order valence-electron chi connectivity index (χ1n) is 7.78. The van der Waals surface area contributed by atoms with Gasteiger partial charge in [-0.25, -0.2) is 4.79 Å². The molecular formula is C19H17N3O3. The fourth-order valence-corrected chi connectivity index (χ4v) is 2.50. The molecule has 6 heteroatoms. The van der Waals surface area contributed by atoms with Crippen LogP contribution < -0.4 is 5.56 Å². The third-order valence-electron chi connectivity index (χ3n) is 3.78. The van der Waals surface area contributed by atoms with E-state index in [1.807, 2.05) is 12.1 Å². The molecule has 0 aliphatic heterocycles. The van der Waals surface area contributed by atoms with E-state index in [9.17, 15) is 9.59 Å². The molecule has 0 aromatic carbocycles. The molecule has 0 unspecified atom stereocenters. The summed E-state index contributed by atoms with van der Waals surface area (Å²) >= 11 is 0. The van der Waals surface area contributed by atoms with Crippen LogP contribution in [-0.4, -0.2) is 28.0 Å². The summed E-state index contributed by atoms with van der Waals surface area (Å²) in [7, 11) is 1.34. The van der Waals surface area contributed by atoms with Crippen molar-refractivity contribution >= 4 is 5.97 Å². The molecule has 126 valence electrons. The van der Waals surface area contributed by atoms with Crippen LogP contribution in [0.25, 0.3) is 0 Å². The molecule has 1 N–H and O–H groups in total. The fourth-order valence-electron chi connectivity index (χ4n) is 2.50. The second-order valence-electron chi connectivity index (χ2n) is 5.61. The number of esters is 1. The van der Waals surface area contributed by atoms with E-state index in [0.29, 0.717) is 24.0 Å². The molecule has 3 aromatic heterocycles. The van der Waals surface area contributed by atoms with Gasteiger partial charge in [0.05, 0.1) is 12.7 Å². The quantitative estimate of drug-likeness (QED) is 0.722. The number of methoxy groups -OCH3 is 1. The van der Waals surface area contributed by atoms with Crippen molar-refractivity contribution in [2.75, 3.05) is 7.11 Å². The van der Waals surface area contributed by atoms with Gasteiger partial charge in [-0.15, -0.1) is 0 Å². The lowest BCUT2D eigenvalue weighted by molar-refractivity contribution is 0.0600. The first kappa shape index (κ1) is 16.6. The Morgan fingerprint density at radius 2 is 2.00 bits per heavy atom. The van der Waals surface area contributed by atoms with E-state index >= 15 is 0 Å². The van der Waals surface area contributed by atoms with Crippen LogP contribution in [0.5, 0.6) is 0 Å². The number of aromatic nitrogens is 3. The van der Waals surface area contributed by atoms with Gasteiger partial charge in [-0.05, 0) is 29.3 Å². The van der Waals surface area contributed by atoms with Gasteiger partial charge in [-0.3, -0.25) is 14.8 Å². The summed E-state index contributed by atoms with van der Waals surface area (Å²) in [6.07, 6.45) is 7.67. The largest absolute Gasteiger partial charge is 0.465 e. The van der Waals surface area contributed by atoms with Crippen LogP contribution in [0.1, 0.15) is 32.7 Å². The van der Waals surface area contributed by atoms with E-state index in [0.717, 1.165) is 16.8 Å². The van der Waals surface area contributed by atoms with Gasteiger partial charge < -0.3 is 9.72 Å². The van der Waals surface area contributed by atoms with E-state index in [4.69, 9.17) is 4.74 Å². The Labute approximate surface area is 144 Å². The lowest BCUT2D eigenvalue weighted by Crippen LogP contribution is -2.11. The molecule has 0 fully saturated rings. The number of pyridine rings is 3. The minimum Gasteiger partial charge on any atom is -0.465 e. The van der Waals surface area contributed by atoms with Gasteiger partial charge in [-0.2, -0.15) is 0 Å². The van der Waals surface area contributed by atoms with Crippen LogP contribution in [0, 0.1) is 0 Å². The lowest BCUT2D eigenvalue weighted by atomic mass is 10.1. The van der Waals surface area contributed by atoms with Gasteiger partial charge in [0.1, 0.15) is 0 Å². The van der Waals surface area contributed by atoms with Gasteiger partial charge in [0, 0.05) is 48.9 Å². The summed E-state index contributed by atoms with van der Waals surface area (Å²) in [5.41, 5.74) is 3.72. The van der Waals surface area contributed by atoms with Crippen molar-refractivity contribution in [3.05, 3.63) is 93.4 Å². The molecule has 3 aromatic rings. The molecule has 3 heterocycles. The molecule has 0 spiro atoms. The highest BCUT2D eigenvalue weighted by Gasteiger charge is 2.07. The summed E-state index contributed by atoms with van der Waals surface area (Å²) < 4.78 is 4.70. The molecule has 3 rings (SSSR count). The van der Waals surface area contributed by atoms with Gasteiger partial charge >= 0.3 is 5.97 Å². The number of hydrogen-bond acceptors (Lipinski definition) is 5. The molecular weight excluding hydrogens is 318 g/mol. The number of nitrogens with one attached hydrogen (secondary N) is 1. The summed E-state index contributed by atoms with van der Waals surface area (Å²) in [5.74, 6) is -0.407. The molecule has 0 saturated heterocycles. The summed E-state index contributed by atoms with van der Waals surface area (Å²) in [4.78, 5) is 34.4. The van der Waals surface area contributed by atoms with Crippen molar-refractivity contribution in [3.63, 3.8) is 0 Å². The predicted molar refractivity (Wildman–Crippen MR) is 92.5 cm³/mol. The van der Waals surface area contributed by atoms with Crippen molar-refractivity contribution in [1.82, 2.24) is 15.0 Å². The van der Waals surface area contributed by atoms with Crippen LogP contribution in [0.3, 0.4) is 0 Å². The molecule has 0 amide bonds. The Morgan fingerprint density at radius 1 is 1.12 bits per heavy atom. The van der Waals surface area contributed by atoms with Crippen LogP contribution in [0.15, 0.2) is 59.9 Å². The number of rotatable bonds is 5. The number of hydrogen-bond donors (Lipinski definition) is 1. The molecule has 0 atom stereocenters. The van der Waals surface area contributed by atoms with Gasteiger partial charge in [0.2, 0.25) is 0 Å². The zero-order valence-electron chi connectivity index (χ0n) is 13.7. The molecule has 6 nitrogen and oxygen atoms in total. The number of ether oxygens (including phenoxy) is 1. The van der Waals surface area contributed by atoms with Crippen LogP contribution in [0.4, 0.5) is 0 Å². The van der Waals surface area contributed by atoms with Gasteiger partial charge in [-0.1, -0.05) is 12.1 Å². The molecule has 0 aliphatic carbocycles. The number of H-pyrrole nitrogens is 1. The van der Waals surface area contributed by atoms with Crippen molar-refractivity contribution < 1.29 is 9.53 Å². The van der Waals surface area contributed by atoms with Crippen molar-refractivity contribution in [2.24, 2.45) is 0 Å². The van der Waals surface area contributed by atoms with E-state index in [1.54, 1.807) is 36.8 Å². The highest BCUT2D eigenvalue weighted by Crippen LogP contribution is 2.12. The minimum absolute atomic E-state index is 0.0981. The Hall–Kier alpha value is -3.28. The number of nitrogens with zero attached hydrogens (tertiary/aromatic N) is 2. The first-order chi connectivity index (χ1) is 12.2. The lowest BCUT2D eigenvalue weighted by Gasteiger charge is -2.05. The zero-order valence-corrected chi connectivity index (χ0v) is 13.7. The summed E-state index contributed by atoms with van der Waals surface area (Å²) in [6, 6.07) is 9.21. The number of aromatic amines is 1.